The van der Waals surface area contributed by atoms with Crippen molar-refractivity contribution in [3.63, 3.8) is 0 Å². The van der Waals surface area contributed by atoms with Crippen molar-refractivity contribution in [2.45, 2.75) is 12.8 Å². The van der Waals surface area contributed by atoms with E-state index in [9.17, 15) is 0 Å². The predicted octanol–water partition coefficient (Wildman–Crippen LogP) is 2.35. The van der Waals surface area contributed by atoms with Gasteiger partial charge in [-0.2, -0.15) is 0 Å². The van der Waals surface area contributed by atoms with Gasteiger partial charge in [0.15, 0.2) is 0 Å². The highest BCUT2D eigenvalue weighted by Gasteiger charge is 1.87. The van der Waals surface area contributed by atoms with Crippen molar-refractivity contribution in [2.24, 2.45) is 0 Å². The van der Waals surface area contributed by atoms with E-state index in [1.807, 2.05) is 0 Å². The first kappa shape index (κ1) is 14.3. The topological polar surface area (TPSA) is 18.5 Å². The van der Waals surface area contributed by atoms with Gasteiger partial charge >= 0.3 is 0 Å². The van der Waals surface area contributed by atoms with Crippen LogP contribution < -0.4 is 0 Å². The van der Waals surface area contributed by atoms with Crippen molar-refractivity contribution < 1.29 is 9.47 Å². The fraction of sp³-hybridized carbons (Fsp3) is 0.500. The van der Waals surface area contributed by atoms with Gasteiger partial charge in [-0.15, -0.1) is 12.3 Å². The van der Waals surface area contributed by atoms with E-state index in [-0.39, 0.29) is 0 Å². The summed E-state index contributed by atoms with van der Waals surface area (Å²) in [4.78, 5) is 0. The fourth-order valence-electron chi connectivity index (χ4n) is 0.700. The third kappa shape index (κ3) is 13.3. The summed E-state index contributed by atoms with van der Waals surface area (Å²) >= 11 is 3.20. The Morgan fingerprint density at radius 1 is 1.20 bits per heavy atom. The van der Waals surface area contributed by atoms with Crippen LogP contribution in [0.3, 0.4) is 0 Å². The zero-order chi connectivity index (χ0) is 11.4. The van der Waals surface area contributed by atoms with Gasteiger partial charge in [0.2, 0.25) is 0 Å². The van der Waals surface area contributed by atoms with Crippen LogP contribution in [0.5, 0.6) is 0 Å². The van der Waals surface area contributed by atoms with Crippen molar-refractivity contribution in [3.8, 4) is 24.2 Å². The normalized spacial score (nSPS) is 8.80. The van der Waals surface area contributed by atoms with Gasteiger partial charge in [-0.1, -0.05) is 34.3 Å². The Labute approximate surface area is 100 Å². The highest BCUT2D eigenvalue weighted by atomic mass is 79.9. The van der Waals surface area contributed by atoms with E-state index in [4.69, 9.17) is 15.9 Å². The molecule has 0 aromatic rings. The smallest absolute Gasteiger partial charge is 0.107 e. The number of ether oxygens (including phenoxy) is 2. The van der Waals surface area contributed by atoms with Gasteiger partial charge in [-0.05, 0) is 0 Å². The molecule has 0 atom stereocenters. The molecule has 82 valence electrons. The Morgan fingerprint density at radius 2 is 1.93 bits per heavy atom. The molecule has 0 radical (unpaired) electrons. The summed E-state index contributed by atoms with van der Waals surface area (Å²) in [6.07, 6.45) is 6.40. The molecule has 0 saturated heterocycles. The quantitative estimate of drug-likeness (QED) is 0.522. The second kappa shape index (κ2) is 11.3. The molecule has 0 spiro atoms. The molecule has 3 heteroatoms. The molecule has 0 heterocycles. The van der Waals surface area contributed by atoms with E-state index in [0.29, 0.717) is 39.3 Å². The molecule has 0 aliphatic carbocycles. The van der Waals surface area contributed by atoms with Crippen LogP contribution in [0.15, 0.2) is 11.1 Å². The van der Waals surface area contributed by atoms with Gasteiger partial charge < -0.3 is 9.47 Å². The number of terminal acetylenes is 1. The summed E-state index contributed by atoms with van der Waals surface area (Å²) in [6, 6.07) is 0. The number of halogens is 1. The average molecular weight is 271 g/mol. The van der Waals surface area contributed by atoms with Crippen LogP contribution in [0, 0.1) is 24.2 Å². The fourth-order valence-corrected chi connectivity index (χ4v) is 0.862. The second-order valence-corrected chi connectivity index (χ2v) is 3.80. The second-order valence-electron chi connectivity index (χ2n) is 2.68. The molecule has 0 amide bonds. The molecule has 0 saturated carbocycles. The lowest BCUT2D eigenvalue weighted by molar-refractivity contribution is 0.166. The lowest BCUT2D eigenvalue weighted by Crippen LogP contribution is -1.95. The van der Waals surface area contributed by atoms with Crippen LogP contribution in [0.25, 0.3) is 0 Å². The monoisotopic (exact) mass is 270 g/mol. The van der Waals surface area contributed by atoms with Crippen LogP contribution in [0.4, 0.5) is 0 Å². The summed E-state index contributed by atoms with van der Waals surface area (Å²) < 4.78 is 11.2. The first-order valence-electron chi connectivity index (χ1n) is 4.65. The summed E-state index contributed by atoms with van der Waals surface area (Å²) in [5.74, 6) is 8.31. The Kier molecular flexibility index (Phi) is 10.8. The summed E-state index contributed by atoms with van der Waals surface area (Å²) in [5, 5.41) is 0. The maximum atomic E-state index is 5.22. The van der Waals surface area contributed by atoms with E-state index in [2.05, 4.69) is 40.3 Å². The van der Waals surface area contributed by atoms with E-state index in [1.165, 1.54) is 0 Å². The van der Waals surface area contributed by atoms with Gasteiger partial charge in [0.1, 0.15) is 6.61 Å². The first-order chi connectivity index (χ1) is 7.27. The van der Waals surface area contributed by atoms with Crippen LogP contribution in [0.1, 0.15) is 12.8 Å². The Hall–Kier alpha value is -0.740. The minimum absolute atomic E-state index is 0.437. The van der Waals surface area contributed by atoms with Crippen molar-refractivity contribution in [2.75, 3.05) is 26.4 Å². The third-order valence-electron chi connectivity index (χ3n) is 1.32. The van der Waals surface area contributed by atoms with Gasteiger partial charge in [0.05, 0.1) is 19.8 Å². The summed E-state index contributed by atoms with van der Waals surface area (Å²) in [6.45, 7) is 5.80. The van der Waals surface area contributed by atoms with Crippen LogP contribution in [-0.4, -0.2) is 26.4 Å². The number of hydrogen-bond donors (Lipinski definition) is 0. The van der Waals surface area contributed by atoms with Crippen molar-refractivity contribution >= 4 is 15.9 Å². The van der Waals surface area contributed by atoms with Crippen molar-refractivity contribution in [1.29, 1.82) is 0 Å². The first-order valence-corrected chi connectivity index (χ1v) is 5.44. The van der Waals surface area contributed by atoms with Crippen LogP contribution >= 0.6 is 15.9 Å². The van der Waals surface area contributed by atoms with Gasteiger partial charge in [0, 0.05) is 17.3 Å². The maximum absolute atomic E-state index is 5.22. The lowest BCUT2D eigenvalue weighted by Gasteiger charge is -1.97. The van der Waals surface area contributed by atoms with E-state index < -0.39 is 0 Å². The Morgan fingerprint density at radius 3 is 2.60 bits per heavy atom. The molecule has 0 bridgehead atoms. The number of hydrogen-bond acceptors (Lipinski definition) is 2. The van der Waals surface area contributed by atoms with E-state index >= 15 is 0 Å². The largest absolute Gasteiger partial charge is 0.375 e. The molecule has 0 unspecified atom stereocenters. The molecule has 15 heavy (non-hydrogen) atoms. The van der Waals surface area contributed by atoms with Gasteiger partial charge in [0.25, 0.3) is 0 Å². The highest BCUT2D eigenvalue weighted by Crippen LogP contribution is 1.99. The van der Waals surface area contributed by atoms with E-state index in [1.54, 1.807) is 0 Å². The van der Waals surface area contributed by atoms with Crippen molar-refractivity contribution in [3.05, 3.63) is 11.1 Å². The molecule has 0 aliphatic heterocycles. The summed E-state index contributed by atoms with van der Waals surface area (Å²) in [5.41, 5.74) is 0. The molecule has 0 aromatic heterocycles. The minimum Gasteiger partial charge on any atom is -0.375 e. The van der Waals surface area contributed by atoms with Gasteiger partial charge in [-0.25, -0.2) is 0 Å². The molecule has 0 fully saturated rings. The van der Waals surface area contributed by atoms with E-state index in [0.717, 1.165) is 4.48 Å². The molecular formula is C12H15BrO2. The molecule has 2 nitrogen and oxygen atoms in total. The van der Waals surface area contributed by atoms with Gasteiger partial charge in [-0.3, -0.25) is 0 Å². The maximum Gasteiger partial charge on any atom is 0.107 e. The minimum atomic E-state index is 0.437. The van der Waals surface area contributed by atoms with Crippen LogP contribution in [0.2, 0.25) is 0 Å². The predicted molar refractivity (Wildman–Crippen MR) is 65.5 cm³/mol. The molecular weight excluding hydrogens is 256 g/mol. The number of rotatable bonds is 7. The third-order valence-corrected chi connectivity index (χ3v) is 1.55. The Balaban J connectivity index is 3.17. The van der Waals surface area contributed by atoms with Crippen molar-refractivity contribution in [1.82, 2.24) is 0 Å². The Bertz CT molecular complexity index is 268. The molecule has 0 N–H and O–H groups in total. The SMILES string of the molecule is C#CCCOCC#CCCOCC(=C)Br. The molecule has 0 rings (SSSR count). The molecule has 0 aliphatic rings. The zero-order valence-corrected chi connectivity index (χ0v) is 10.3. The molecule has 0 aromatic carbocycles. The average Bonchev–Trinajstić information content (AvgIpc) is 2.20. The lowest BCUT2D eigenvalue weighted by atomic mass is 10.4. The van der Waals surface area contributed by atoms with Crippen LogP contribution in [-0.2, 0) is 9.47 Å². The highest BCUT2D eigenvalue weighted by molar-refractivity contribution is 9.11. The zero-order valence-electron chi connectivity index (χ0n) is 8.72. The summed E-state index contributed by atoms with van der Waals surface area (Å²) in [7, 11) is 0. The standard InChI is InChI=1S/C12H15BrO2/c1-3-4-8-14-9-6-5-7-10-15-11-12(2)13/h1H,2,4,7-11H2.